The van der Waals surface area contributed by atoms with Gasteiger partial charge in [0.05, 0.1) is 9.77 Å². The zero-order valence-electron chi connectivity index (χ0n) is 11.7. The molecule has 1 aromatic heterocycles. The van der Waals surface area contributed by atoms with Crippen LogP contribution < -0.4 is 10.5 Å². The highest BCUT2D eigenvalue weighted by Crippen LogP contribution is 2.24. The van der Waals surface area contributed by atoms with Gasteiger partial charge in [-0.1, -0.05) is 13.0 Å². The fourth-order valence-corrected chi connectivity index (χ4v) is 3.75. The number of carbonyl (C=O) groups is 1. The van der Waals surface area contributed by atoms with E-state index < -0.39 is 10.0 Å². The number of anilines is 1. The molecular weight excluding hydrogens is 308 g/mol. The van der Waals surface area contributed by atoms with Gasteiger partial charge in [0, 0.05) is 5.69 Å². The summed E-state index contributed by atoms with van der Waals surface area (Å²) in [7, 11) is -3.81. The van der Waals surface area contributed by atoms with Crippen LogP contribution in [0.1, 0.15) is 27.7 Å². The average molecular weight is 324 g/mol. The minimum atomic E-state index is -3.81. The summed E-state index contributed by atoms with van der Waals surface area (Å²) in [5.41, 5.74) is 1.85. The van der Waals surface area contributed by atoms with Gasteiger partial charge in [0.2, 0.25) is 10.0 Å². The Balaban J connectivity index is 2.35. The number of nitrogens with two attached hydrogens (primary N) is 1. The molecule has 0 saturated heterocycles. The fourth-order valence-electron chi connectivity index (χ4n) is 2.05. The zero-order chi connectivity index (χ0) is 15.6. The maximum absolute atomic E-state index is 12.3. The van der Waals surface area contributed by atoms with Crippen molar-refractivity contribution in [1.29, 1.82) is 0 Å². The lowest BCUT2D eigenvalue weighted by Gasteiger charge is -2.11. The van der Waals surface area contributed by atoms with Gasteiger partial charge in [0.25, 0.3) is 5.91 Å². The van der Waals surface area contributed by atoms with Crippen LogP contribution in [0.2, 0.25) is 0 Å². The maximum Gasteiger partial charge on any atom is 0.266 e. The van der Waals surface area contributed by atoms with Crippen LogP contribution in [0.15, 0.2) is 34.5 Å². The average Bonchev–Trinajstić information content (AvgIpc) is 2.88. The van der Waals surface area contributed by atoms with E-state index in [9.17, 15) is 13.2 Å². The van der Waals surface area contributed by atoms with Crippen LogP contribution in [0.4, 0.5) is 5.69 Å². The number of sulfonamides is 1. The van der Waals surface area contributed by atoms with Gasteiger partial charge in [-0.25, -0.2) is 13.6 Å². The Kier molecular flexibility index (Phi) is 4.46. The molecule has 0 aliphatic carbocycles. The van der Waals surface area contributed by atoms with Crippen molar-refractivity contribution in [3.05, 3.63) is 45.6 Å². The van der Waals surface area contributed by atoms with Crippen LogP contribution in [0.3, 0.4) is 0 Å². The van der Waals surface area contributed by atoms with E-state index in [4.69, 9.17) is 5.14 Å². The van der Waals surface area contributed by atoms with Crippen molar-refractivity contribution in [3.8, 4) is 0 Å². The molecule has 112 valence electrons. The topological polar surface area (TPSA) is 89.3 Å². The first-order valence-electron chi connectivity index (χ1n) is 6.34. The van der Waals surface area contributed by atoms with Crippen LogP contribution in [-0.4, -0.2) is 14.3 Å². The van der Waals surface area contributed by atoms with Gasteiger partial charge in [-0.3, -0.25) is 4.79 Å². The van der Waals surface area contributed by atoms with Crippen LogP contribution in [0.25, 0.3) is 0 Å². The van der Waals surface area contributed by atoms with E-state index in [1.807, 2.05) is 18.4 Å². The Morgan fingerprint density at radius 2 is 2.05 bits per heavy atom. The number of primary sulfonamides is 1. The number of benzene rings is 1. The Labute approximate surface area is 127 Å². The molecule has 0 saturated carbocycles. The lowest BCUT2D eigenvalue weighted by Crippen LogP contribution is -2.17. The summed E-state index contributed by atoms with van der Waals surface area (Å²) in [4.78, 5) is 12.9. The normalized spacial score (nSPS) is 11.4. The Morgan fingerprint density at radius 3 is 2.67 bits per heavy atom. The first kappa shape index (κ1) is 15.7. The molecule has 2 aromatic rings. The van der Waals surface area contributed by atoms with E-state index in [1.165, 1.54) is 17.4 Å². The molecule has 3 N–H and O–H groups in total. The molecule has 2 rings (SSSR count). The van der Waals surface area contributed by atoms with Crippen LogP contribution in [-0.2, 0) is 16.4 Å². The number of thiophene rings is 1. The van der Waals surface area contributed by atoms with Crippen molar-refractivity contribution in [3.63, 3.8) is 0 Å². The molecule has 21 heavy (non-hydrogen) atoms. The number of amides is 1. The van der Waals surface area contributed by atoms with Crippen molar-refractivity contribution in [2.45, 2.75) is 25.2 Å². The highest BCUT2D eigenvalue weighted by Gasteiger charge is 2.17. The number of carbonyl (C=O) groups excluding carboxylic acids is 1. The monoisotopic (exact) mass is 324 g/mol. The first-order valence-corrected chi connectivity index (χ1v) is 8.77. The molecule has 0 unspecified atom stereocenters. The Morgan fingerprint density at radius 1 is 1.33 bits per heavy atom. The highest BCUT2D eigenvalue weighted by atomic mass is 32.2. The third kappa shape index (κ3) is 3.31. The van der Waals surface area contributed by atoms with E-state index in [1.54, 1.807) is 19.1 Å². The SMILES string of the molecule is CCc1ccsc1C(=O)Nc1cccc(S(N)(=O)=O)c1C. The van der Waals surface area contributed by atoms with E-state index in [-0.39, 0.29) is 10.8 Å². The minimum Gasteiger partial charge on any atom is -0.321 e. The van der Waals surface area contributed by atoms with E-state index in [2.05, 4.69) is 5.32 Å². The van der Waals surface area contributed by atoms with E-state index >= 15 is 0 Å². The molecule has 0 spiro atoms. The molecule has 0 aliphatic rings. The van der Waals surface area contributed by atoms with Crippen molar-refractivity contribution in [1.82, 2.24) is 0 Å². The van der Waals surface area contributed by atoms with Gasteiger partial charge in [-0.15, -0.1) is 11.3 Å². The molecule has 7 heteroatoms. The summed E-state index contributed by atoms with van der Waals surface area (Å²) in [5, 5.41) is 9.77. The first-order chi connectivity index (χ1) is 9.84. The van der Waals surface area contributed by atoms with Gasteiger partial charge in [-0.2, -0.15) is 0 Å². The van der Waals surface area contributed by atoms with Crippen LogP contribution >= 0.6 is 11.3 Å². The Hall–Kier alpha value is -1.70. The lowest BCUT2D eigenvalue weighted by atomic mass is 10.1. The number of hydrogen-bond acceptors (Lipinski definition) is 4. The second kappa shape index (κ2) is 5.97. The van der Waals surface area contributed by atoms with Gasteiger partial charge in [-0.05, 0) is 48.1 Å². The predicted molar refractivity (Wildman–Crippen MR) is 84.2 cm³/mol. The zero-order valence-corrected chi connectivity index (χ0v) is 13.3. The number of rotatable bonds is 4. The summed E-state index contributed by atoms with van der Waals surface area (Å²) in [5.74, 6) is -0.239. The molecule has 5 nitrogen and oxygen atoms in total. The summed E-state index contributed by atoms with van der Waals surface area (Å²) < 4.78 is 23.0. The molecule has 1 aromatic carbocycles. The standard InChI is InChI=1S/C14H16N2O3S2/c1-3-10-7-8-20-13(10)14(17)16-11-5-4-6-12(9(11)2)21(15,18)19/h4-8H,3H2,1-2H3,(H,16,17)(H2,15,18,19). The fraction of sp³-hybridized carbons (Fsp3) is 0.214. The molecule has 0 bridgehead atoms. The number of aryl methyl sites for hydroxylation is 1. The smallest absolute Gasteiger partial charge is 0.266 e. The van der Waals surface area contributed by atoms with Gasteiger partial charge in [0.15, 0.2) is 0 Å². The number of hydrogen-bond donors (Lipinski definition) is 2. The van der Waals surface area contributed by atoms with Gasteiger partial charge >= 0.3 is 0 Å². The van der Waals surface area contributed by atoms with E-state index in [0.29, 0.717) is 16.1 Å². The molecule has 1 heterocycles. The second-order valence-corrected chi connectivity index (χ2v) is 7.00. The molecule has 0 atom stereocenters. The van der Waals surface area contributed by atoms with Crippen molar-refractivity contribution >= 4 is 33.0 Å². The van der Waals surface area contributed by atoms with Gasteiger partial charge in [0.1, 0.15) is 0 Å². The summed E-state index contributed by atoms with van der Waals surface area (Å²) in [6, 6.07) is 6.54. The minimum absolute atomic E-state index is 0.0159. The van der Waals surface area contributed by atoms with Crippen molar-refractivity contribution < 1.29 is 13.2 Å². The van der Waals surface area contributed by atoms with Crippen molar-refractivity contribution in [2.24, 2.45) is 5.14 Å². The molecule has 0 radical (unpaired) electrons. The van der Waals surface area contributed by atoms with Crippen LogP contribution in [0.5, 0.6) is 0 Å². The van der Waals surface area contributed by atoms with Crippen LogP contribution in [0, 0.1) is 6.92 Å². The number of nitrogens with one attached hydrogen (secondary N) is 1. The molecular formula is C14H16N2O3S2. The summed E-state index contributed by atoms with van der Waals surface area (Å²) >= 11 is 1.36. The third-order valence-corrected chi connectivity index (χ3v) is 5.18. The predicted octanol–water partition coefficient (Wildman–Crippen LogP) is 2.52. The third-order valence-electron chi connectivity index (χ3n) is 3.17. The summed E-state index contributed by atoms with van der Waals surface area (Å²) in [6.07, 6.45) is 0.766. The quantitative estimate of drug-likeness (QED) is 0.905. The second-order valence-electron chi connectivity index (χ2n) is 4.56. The summed E-state index contributed by atoms with van der Waals surface area (Å²) in [6.45, 7) is 3.59. The molecule has 0 aliphatic heterocycles. The van der Waals surface area contributed by atoms with Crippen molar-refractivity contribution in [2.75, 3.05) is 5.32 Å². The largest absolute Gasteiger partial charge is 0.321 e. The molecule has 0 fully saturated rings. The Bertz CT molecular complexity index is 779. The lowest BCUT2D eigenvalue weighted by molar-refractivity contribution is 0.102. The molecule has 1 amide bonds. The van der Waals surface area contributed by atoms with Gasteiger partial charge < -0.3 is 5.32 Å². The maximum atomic E-state index is 12.3. The highest BCUT2D eigenvalue weighted by molar-refractivity contribution is 7.89. The van der Waals surface area contributed by atoms with E-state index in [0.717, 1.165) is 12.0 Å².